The second-order valence-corrected chi connectivity index (χ2v) is 3.66. The molecule has 0 saturated carbocycles. The van der Waals surface area contributed by atoms with Crippen LogP contribution in [0.25, 0.3) is 0 Å². The van der Waals surface area contributed by atoms with Gasteiger partial charge in [0, 0.05) is 0 Å². The van der Waals surface area contributed by atoms with E-state index in [0.29, 0.717) is 25.0 Å². The van der Waals surface area contributed by atoms with Gasteiger partial charge >= 0.3 is 5.97 Å². The van der Waals surface area contributed by atoms with Crippen molar-refractivity contribution in [1.29, 1.82) is 0 Å². The lowest BCUT2D eigenvalue weighted by Crippen LogP contribution is -2.30. The average Bonchev–Trinajstić information content (AvgIpc) is 2.04. The summed E-state index contributed by atoms with van der Waals surface area (Å²) in [4.78, 5) is 10.9. The maximum atomic E-state index is 10.9. The van der Waals surface area contributed by atoms with Crippen LogP contribution >= 0.6 is 0 Å². The maximum Gasteiger partial charge on any atom is 0.319 e. The number of hydrogen-bond acceptors (Lipinski definition) is 3. The third-order valence-electron chi connectivity index (χ3n) is 2.18. The second-order valence-electron chi connectivity index (χ2n) is 3.66. The van der Waals surface area contributed by atoms with Crippen molar-refractivity contribution in [2.75, 3.05) is 19.7 Å². The molecule has 0 heterocycles. The van der Waals surface area contributed by atoms with Crippen molar-refractivity contribution in [3.63, 3.8) is 0 Å². The topological polar surface area (TPSA) is 38.3 Å². The van der Waals surface area contributed by atoms with Crippen LogP contribution in [0.2, 0.25) is 0 Å². The van der Waals surface area contributed by atoms with Crippen LogP contribution in [0.1, 0.15) is 27.7 Å². The summed E-state index contributed by atoms with van der Waals surface area (Å²) in [5, 5.41) is 3.08. The van der Waals surface area contributed by atoms with Crippen molar-refractivity contribution in [3.05, 3.63) is 0 Å². The molecule has 1 unspecified atom stereocenters. The molecular weight excluding hydrogens is 166 g/mol. The van der Waals surface area contributed by atoms with Crippen LogP contribution in [0.5, 0.6) is 0 Å². The molecule has 0 aliphatic carbocycles. The first-order valence-corrected chi connectivity index (χ1v) is 4.94. The number of rotatable bonds is 6. The molecular formula is C10H21NO2. The quantitative estimate of drug-likeness (QED) is 0.639. The molecule has 0 radical (unpaired) electrons. The highest BCUT2D eigenvalue weighted by Crippen LogP contribution is 2.07. The van der Waals surface area contributed by atoms with Crippen LogP contribution in [0.4, 0.5) is 0 Å². The molecule has 13 heavy (non-hydrogen) atoms. The first-order valence-electron chi connectivity index (χ1n) is 4.94. The van der Waals surface area contributed by atoms with Crippen molar-refractivity contribution >= 4 is 5.97 Å². The average molecular weight is 187 g/mol. The fraction of sp³-hybridized carbons (Fsp3) is 0.900. The standard InChI is InChI=1S/C10H21NO2/c1-5-13-10(12)7-11-6-9(4)8(2)3/h8-9,11H,5-7H2,1-4H3. The van der Waals surface area contributed by atoms with E-state index < -0.39 is 0 Å². The highest BCUT2D eigenvalue weighted by atomic mass is 16.5. The zero-order valence-electron chi connectivity index (χ0n) is 9.09. The largest absolute Gasteiger partial charge is 0.465 e. The summed E-state index contributed by atoms with van der Waals surface area (Å²) in [5.41, 5.74) is 0. The molecule has 0 aliphatic rings. The van der Waals surface area contributed by atoms with Crippen LogP contribution in [0.15, 0.2) is 0 Å². The van der Waals surface area contributed by atoms with E-state index in [-0.39, 0.29) is 5.97 Å². The minimum atomic E-state index is -0.168. The predicted molar refractivity (Wildman–Crippen MR) is 53.5 cm³/mol. The van der Waals surface area contributed by atoms with Gasteiger partial charge in [0.15, 0.2) is 0 Å². The lowest BCUT2D eigenvalue weighted by atomic mass is 9.98. The van der Waals surface area contributed by atoms with Gasteiger partial charge in [-0.1, -0.05) is 20.8 Å². The smallest absolute Gasteiger partial charge is 0.319 e. The fourth-order valence-corrected chi connectivity index (χ4v) is 0.850. The zero-order chi connectivity index (χ0) is 10.3. The Bertz CT molecular complexity index is 146. The summed E-state index contributed by atoms with van der Waals surface area (Å²) >= 11 is 0. The minimum Gasteiger partial charge on any atom is -0.465 e. The first kappa shape index (κ1) is 12.4. The Labute approximate surface area is 80.8 Å². The van der Waals surface area contributed by atoms with Gasteiger partial charge in [-0.25, -0.2) is 0 Å². The van der Waals surface area contributed by atoms with Gasteiger partial charge in [0.05, 0.1) is 13.2 Å². The van der Waals surface area contributed by atoms with Crippen molar-refractivity contribution in [2.24, 2.45) is 11.8 Å². The van der Waals surface area contributed by atoms with Gasteiger partial charge in [0.25, 0.3) is 0 Å². The molecule has 0 spiro atoms. The van der Waals surface area contributed by atoms with E-state index in [1.54, 1.807) is 0 Å². The summed E-state index contributed by atoms with van der Waals surface area (Å²) in [6.07, 6.45) is 0. The molecule has 0 aromatic heterocycles. The normalized spacial score (nSPS) is 13.0. The van der Waals surface area contributed by atoms with E-state index in [0.717, 1.165) is 6.54 Å². The highest BCUT2D eigenvalue weighted by Gasteiger charge is 2.07. The van der Waals surface area contributed by atoms with Crippen molar-refractivity contribution in [1.82, 2.24) is 5.32 Å². The molecule has 78 valence electrons. The minimum absolute atomic E-state index is 0.168. The Morgan fingerprint density at radius 2 is 2.00 bits per heavy atom. The summed E-state index contributed by atoms with van der Waals surface area (Å²) in [7, 11) is 0. The van der Waals surface area contributed by atoms with Crippen molar-refractivity contribution in [2.45, 2.75) is 27.7 Å². The SMILES string of the molecule is CCOC(=O)CNCC(C)C(C)C. The molecule has 1 atom stereocenters. The van der Waals surface area contributed by atoms with Gasteiger partial charge in [-0.3, -0.25) is 4.79 Å². The number of esters is 1. The first-order chi connectivity index (χ1) is 6.07. The molecule has 0 fully saturated rings. The number of ether oxygens (including phenoxy) is 1. The molecule has 3 heteroatoms. The van der Waals surface area contributed by atoms with Gasteiger partial charge in [0.1, 0.15) is 0 Å². The molecule has 0 aliphatic heterocycles. The molecule has 0 bridgehead atoms. The van der Waals surface area contributed by atoms with E-state index in [1.807, 2.05) is 6.92 Å². The molecule has 3 nitrogen and oxygen atoms in total. The van der Waals surface area contributed by atoms with E-state index in [2.05, 4.69) is 26.1 Å². The van der Waals surface area contributed by atoms with Gasteiger partial charge in [-0.15, -0.1) is 0 Å². The van der Waals surface area contributed by atoms with E-state index in [4.69, 9.17) is 4.74 Å². The monoisotopic (exact) mass is 187 g/mol. The predicted octanol–water partition coefficient (Wildman–Crippen LogP) is 1.43. The molecule has 1 N–H and O–H groups in total. The van der Waals surface area contributed by atoms with E-state index >= 15 is 0 Å². The molecule has 0 saturated heterocycles. The number of carbonyl (C=O) groups excluding carboxylic acids is 1. The second kappa shape index (κ2) is 6.89. The van der Waals surface area contributed by atoms with Crippen LogP contribution in [0.3, 0.4) is 0 Å². The van der Waals surface area contributed by atoms with E-state index in [9.17, 15) is 4.79 Å². The Balaban J connectivity index is 3.39. The van der Waals surface area contributed by atoms with E-state index in [1.165, 1.54) is 0 Å². The van der Waals surface area contributed by atoms with Gasteiger partial charge < -0.3 is 10.1 Å². The van der Waals surface area contributed by atoms with Gasteiger partial charge in [-0.05, 0) is 25.3 Å². The summed E-state index contributed by atoms with van der Waals surface area (Å²) < 4.78 is 4.78. The molecule has 0 amide bonds. The fourth-order valence-electron chi connectivity index (χ4n) is 0.850. The molecule has 0 aromatic rings. The zero-order valence-corrected chi connectivity index (χ0v) is 9.09. The summed E-state index contributed by atoms with van der Waals surface area (Å²) in [6.45, 7) is 9.99. The lowest BCUT2D eigenvalue weighted by Gasteiger charge is -2.15. The van der Waals surface area contributed by atoms with Gasteiger partial charge in [0.2, 0.25) is 0 Å². The number of carbonyl (C=O) groups is 1. The van der Waals surface area contributed by atoms with Crippen molar-refractivity contribution in [3.8, 4) is 0 Å². The molecule has 0 aromatic carbocycles. The Kier molecular flexibility index (Phi) is 6.59. The third kappa shape index (κ3) is 6.58. The summed E-state index contributed by atoms with van der Waals surface area (Å²) in [5.74, 6) is 1.07. The molecule has 0 rings (SSSR count). The number of nitrogens with one attached hydrogen (secondary N) is 1. The highest BCUT2D eigenvalue weighted by molar-refractivity contribution is 5.71. The Morgan fingerprint density at radius 1 is 1.38 bits per heavy atom. The maximum absolute atomic E-state index is 10.9. The van der Waals surface area contributed by atoms with Crippen LogP contribution < -0.4 is 5.32 Å². The Hall–Kier alpha value is -0.570. The van der Waals surface area contributed by atoms with Gasteiger partial charge in [-0.2, -0.15) is 0 Å². The number of hydrogen-bond donors (Lipinski definition) is 1. The van der Waals surface area contributed by atoms with Crippen molar-refractivity contribution < 1.29 is 9.53 Å². The summed E-state index contributed by atoms with van der Waals surface area (Å²) in [6, 6.07) is 0. The lowest BCUT2D eigenvalue weighted by molar-refractivity contribution is -0.142. The Morgan fingerprint density at radius 3 is 2.46 bits per heavy atom. The van der Waals surface area contributed by atoms with Crippen LogP contribution in [-0.2, 0) is 9.53 Å². The van der Waals surface area contributed by atoms with Crippen LogP contribution in [-0.4, -0.2) is 25.7 Å². The third-order valence-corrected chi connectivity index (χ3v) is 2.18. The van der Waals surface area contributed by atoms with Crippen LogP contribution in [0, 0.1) is 11.8 Å².